The van der Waals surface area contributed by atoms with Gasteiger partial charge < -0.3 is 14.7 Å². The van der Waals surface area contributed by atoms with Crippen molar-refractivity contribution in [3.8, 4) is 5.75 Å². The molecule has 1 amide bonds. The average Bonchev–Trinajstić information content (AvgIpc) is 3.21. The Kier molecular flexibility index (Phi) is 6.08. The van der Waals surface area contributed by atoms with Crippen LogP contribution in [0.3, 0.4) is 0 Å². The maximum Gasteiger partial charge on any atom is 0.257 e. The Bertz CT molecular complexity index is 789. The van der Waals surface area contributed by atoms with Crippen molar-refractivity contribution in [1.29, 1.82) is 0 Å². The van der Waals surface area contributed by atoms with Crippen molar-refractivity contribution >= 4 is 15.9 Å². The lowest BCUT2D eigenvalue weighted by molar-refractivity contribution is 0.0638. The van der Waals surface area contributed by atoms with Gasteiger partial charge in [-0.2, -0.15) is 4.31 Å². The zero-order chi connectivity index (χ0) is 19.6. The van der Waals surface area contributed by atoms with Gasteiger partial charge in [-0.3, -0.25) is 4.79 Å². The van der Waals surface area contributed by atoms with Gasteiger partial charge >= 0.3 is 0 Å². The smallest absolute Gasteiger partial charge is 0.257 e. The number of amides is 1. The van der Waals surface area contributed by atoms with Crippen molar-refractivity contribution in [2.24, 2.45) is 0 Å². The summed E-state index contributed by atoms with van der Waals surface area (Å²) in [5, 5.41) is 10.2. The summed E-state index contributed by atoms with van der Waals surface area (Å²) < 4.78 is 32.8. The summed E-state index contributed by atoms with van der Waals surface area (Å²) in [5.74, 6) is 0.160. The van der Waals surface area contributed by atoms with Crippen LogP contribution in [0.4, 0.5) is 0 Å². The standard InChI is InChI=1S/C19H28N2O5S/c1-20(16-7-3-4-8-17(16)22)27(24,25)14-9-10-18(26-2)15(13-14)19(23)21-11-5-6-12-21/h9-10,13,16-17,22H,3-8,11-12H2,1-2H3. The number of hydrogen-bond acceptors (Lipinski definition) is 5. The third-order valence-electron chi connectivity index (χ3n) is 5.63. The Morgan fingerprint density at radius 1 is 1.19 bits per heavy atom. The molecule has 0 spiro atoms. The number of sulfonamides is 1. The zero-order valence-electron chi connectivity index (χ0n) is 15.9. The molecule has 7 nitrogen and oxygen atoms in total. The number of benzene rings is 1. The lowest BCUT2D eigenvalue weighted by atomic mass is 9.93. The number of likely N-dealkylation sites (N-methyl/N-ethyl adjacent to an activating group) is 1. The Labute approximate surface area is 161 Å². The highest BCUT2D eigenvalue weighted by Gasteiger charge is 2.35. The summed E-state index contributed by atoms with van der Waals surface area (Å²) in [6, 6.07) is 3.95. The molecule has 0 bridgehead atoms. The number of carbonyl (C=O) groups is 1. The Balaban J connectivity index is 1.93. The highest BCUT2D eigenvalue weighted by Crippen LogP contribution is 2.30. The maximum atomic E-state index is 13.1. The zero-order valence-corrected chi connectivity index (χ0v) is 16.7. The molecule has 2 aliphatic rings. The molecule has 2 atom stereocenters. The van der Waals surface area contributed by atoms with Gasteiger partial charge in [0.15, 0.2) is 0 Å². The Morgan fingerprint density at radius 2 is 1.85 bits per heavy atom. The summed E-state index contributed by atoms with van der Waals surface area (Å²) in [4.78, 5) is 14.6. The number of likely N-dealkylation sites (tertiary alicyclic amines) is 1. The van der Waals surface area contributed by atoms with E-state index in [-0.39, 0.29) is 16.4 Å². The molecule has 1 N–H and O–H groups in total. The van der Waals surface area contributed by atoms with Gasteiger partial charge in [0.1, 0.15) is 5.75 Å². The molecule has 27 heavy (non-hydrogen) atoms. The van der Waals surface area contributed by atoms with Gasteiger partial charge in [-0.1, -0.05) is 12.8 Å². The largest absolute Gasteiger partial charge is 0.496 e. The second kappa shape index (κ2) is 8.16. The Hall–Kier alpha value is -1.64. The van der Waals surface area contributed by atoms with E-state index in [1.165, 1.54) is 36.7 Å². The highest BCUT2D eigenvalue weighted by atomic mass is 32.2. The third kappa shape index (κ3) is 3.97. The van der Waals surface area contributed by atoms with Crippen molar-refractivity contribution in [3.05, 3.63) is 23.8 Å². The van der Waals surface area contributed by atoms with Crippen molar-refractivity contribution in [3.63, 3.8) is 0 Å². The molecule has 150 valence electrons. The minimum absolute atomic E-state index is 0.0473. The molecule has 3 rings (SSSR count). The summed E-state index contributed by atoms with van der Waals surface area (Å²) in [6.45, 7) is 1.35. The van der Waals surface area contributed by atoms with E-state index in [0.717, 1.165) is 25.7 Å². The molecular formula is C19H28N2O5S. The number of methoxy groups -OCH3 is 1. The van der Waals surface area contributed by atoms with E-state index in [2.05, 4.69) is 0 Å². The molecule has 1 aliphatic carbocycles. The lowest BCUT2D eigenvalue weighted by Gasteiger charge is -2.34. The number of rotatable bonds is 5. The van der Waals surface area contributed by atoms with Crippen LogP contribution >= 0.6 is 0 Å². The molecular weight excluding hydrogens is 368 g/mol. The van der Waals surface area contributed by atoms with Crippen LogP contribution in [0.5, 0.6) is 5.75 Å². The molecule has 1 aliphatic heterocycles. The van der Waals surface area contributed by atoms with E-state index < -0.39 is 22.2 Å². The minimum Gasteiger partial charge on any atom is -0.496 e. The first kappa shape index (κ1) is 20.1. The molecule has 1 aromatic carbocycles. The van der Waals surface area contributed by atoms with E-state index >= 15 is 0 Å². The summed E-state index contributed by atoms with van der Waals surface area (Å²) in [5.41, 5.74) is 0.262. The van der Waals surface area contributed by atoms with E-state index in [1.807, 2.05) is 0 Å². The fourth-order valence-electron chi connectivity index (χ4n) is 3.97. The number of nitrogens with zero attached hydrogens (tertiary/aromatic N) is 2. The van der Waals surface area contributed by atoms with Crippen LogP contribution in [0.25, 0.3) is 0 Å². The van der Waals surface area contributed by atoms with Crippen molar-refractivity contribution < 1.29 is 23.1 Å². The summed E-state index contributed by atoms with van der Waals surface area (Å²) in [6.07, 6.45) is 4.27. The summed E-state index contributed by atoms with van der Waals surface area (Å²) in [7, 11) is -0.861. The SMILES string of the molecule is COc1ccc(S(=O)(=O)N(C)C2CCCCC2O)cc1C(=O)N1CCCC1. The predicted molar refractivity (Wildman–Crippen MR) is 101 cm³/mol. The van der Waals surface area contributed by atoms with Gasteiger partial charge in [-0.15, -0.1) is 0 Å². The number of ether oxygens (including phenoxy) is 1. The molecule has 8 heteroatoms. The molecule has 1 aromatic rings. The molecule has 0 radical (unpaired) electrons. The second-order valence-corrected chi connectivity index (χ2v) is 9.30. The van der Waals surface area contributed by atoms with Gasteiger partial charge in [-0.25, -0.2) is 8.42 Å². The number of aliphatic hydroxyl groups is 1. The van der Waals surface area contributed by atoms with Gasteiger partial charge in [0, 0.05) is 20.1 Å². The van der Waals surface area contributed by atoms with Gasteiger partial charge in [0.25, 0.3) is 5.91 Å². The van der Waals surface area contributed by atoms with E-state index in [0.29, 0.717) is 31.7 Å². The average molecular weight is 397 g/mol. The van der Waals surface area contributed by atoms with E-state index in [4.69, 9.17) is 4.74 Å². The number of carbonyl (C=O) groups excluding carboxylic acids is 1. The van der Waals surface area contributed by atoms with Crippen LogP contribution in [-0.2, 0) is 10.0 Å². The maximum absolute atomic E-state index is 13.1. The fraction of sp³-hybridized carbons (Fsp3) is 0.632. The van der Waals surface area contributed by atoms with Crippen LogP contribution in [-0.4, -0.2) is 68.0 Å². The Morgan fingerprint density at radius 3 is 2.48 bits per heavy atom. The number of aliphatic hydroxyl groups excluding tert-OH is 1. The highest BCUT2D eigenvalue weighted by molar-refractivity contribution is 7.89. The van der Waals surface area contributed by atoms with E-state index in [1.54, 1.807) is 4.90 Å². The molecule has 2 unspecified atom stereocenters. The molecule has 1 heterocycles. The van der Waals surface area contributed by atoms with Crippen LogP contribution in [0, 0.1) is 0 Å². The molecule has 2 fully saturated rings. The van der Waals surface area contributed by atoms with Crippen LogP contribution in [0.15, 0.2) is 23.1 Å². The topological polar surface area (TPSA) is 87.1 Å². The first-order valence-electron chi connectivity index (χ1n) is 9.49. The van der Waals surface area contributed by atoms with Gasteiger partial charge in [-0.05, 0) is 43.9 Å². The normalized spacial score (nSPS) is 23.6. The fourth-order valence-corrected chi connectivity index (χ4v) is 5.41. The molecule has 0 aromatic heterocycles. The quantitative estimate of drug-likeness (QED) is 0.821. The molecule has 1 saturated carbocycles. The van der Waals surface area contributed by atoms with Crippen molar-refractivity contribution in [1.82, 2.24) is 9.21 Å². The van der Waals surface area contributed by atoms with Crippen LogP contribution < -0.4 is 4.74 Å². The van der Waals surface area contributed by atoms with E-state index in [9.17, 15) is 18.3 Å². The van der Waals surface area contributed by atoms with Gasteiger partial charge in [0.2, 0.25) is 10.0 Å². The lowest BCUT2D eigenvalue weighted by Crippen LogP contribution is -2.46. The first-order valence-corrected chi connectivity index (χ1v) is 10.9. The van der Waals surface area contributed by atoms with Crippen LogP contribution in [0.2, 0.25) is 0 Å². The second-order valence-electron chi connectivity index (χ2n) is 7.30. The van der Waals surface area contributed by atoms with Gasteiger partial charge in [0.05, 0.1) is 29.7 Å². The third-order valence-corrected chi connectivity index (χ3v) is 7.51. The molecule has 1 saturated heterocycles. The first-order chi connectivity index (χ1) is 12.9. The summed E-state index contributed by atoms with van der Waals surface area (Å²) >= 11 is 0. The van der Waals surface area contributed by atoms with Crippen LogP contribution in [0.1, 0.15) is 48.9 Å². The number of hydrogen-bond donors (Lipinski definition) is 1. The minimum atomic E-state index is -3.83. The monoisotopic (exact) mass is 396 g/mol. The predicted octanol–water partition coefficient (Wildman–Crippen LogP) is 1.86. The van der Waals surface area contributed by atoms with Crippen molar-refractivity contribution in [2.75, 3.05) is 27.2 Å². The van der Waals surface area contributed by atoms with Crippen molar-refractivity contribution in [2.45, 2.75) is 55.6 Å².